The molecular weight excluding hydrogens is 200 g/mol. The third-order valence-corrected chi connectivity index (χ3v) is 7.39. The summed E-state index contributed by atoms with van der Waals surface area (Å²) in [4.78, 5) is 0. The van der Waals surface area contributed by atoms with Crippen LogP contribution in [0.5, 0.6) is 0 Å². The van der Waals surface area contributed by atoms with Crippen LogP contribution in [0, 0.1) is 0 Å². The van der Waals surface area contributed by atoms with Crippen molar-refractivity contribution in [2.75, 3.05) is 6.61 Å². The summed E-state index contributed by atoms with van der Waals surface area (Å²) < 4.78 is 6.04. The van der Waals surface area contributed by atoms with E-state index in [9.17, 15) is 0 Å². The molecule has 0 N–H and O–H groups in total. The van der Waals surface area contributed by atoms with Gasteiger partial charge >= 0.3 is 0 Å². The van der Waals surface area contributed by atoms with E-state index in [2.05, 4.69) is 43.8 Å². The van der Waals surface area contributed by atoms with Crippen molar-refractivity contribution in [2.45, 2.75) is 38.0 Å². The minimum Gasteiger partial charge on any atom is -0.379 e. The zero-order valence-electron chi connectivity index (χ0n) is 9.70. The number of benzene rings is 1. The predicted molar refractivity (Wildman–Crippen MR) is 67.3 cm³/mol. The van der Waals surface area contributed by atoms with Crippen molar-refractivity contribution in [3.63, 3.8) is 0 Å². The normalized spacial score (nSPS) is 28.7. The predicted octanol–water partition coefficient (Wildman–Crippen LogP) is 2.25. The molecule has 0 aromatic heterocycles. The van der Waals surface area contributed by atoms with E-state index in [1.165, 1.54) is 24.4 Å². The van der Waals surface area contributed by atoms with Gasteiger partial charge in [-0.05, 0) is 26.2 Å². The fourth-order valence-corrected chi connectivity index (χ4v) is 4.90. The molecule has 2 unspecified atom stereocenters. The SMILES string of the molecule is C[SiH](c1ccccc1)C1(C)CCCCO1. The first-order valence-electron chi connectivity index (χ1n) is 5.91. The Morgan fingerprint density at radius 2 is 1.93 bits per heavy atom. The van der Waals surface area contributed by atoms with E-state index in [1.807, 2.05) is 0 Å². The van der Waals surface area contributed by atoms with Gasteiger partial charge in [0.05, 0.1) is 5.22 Å². The second kappa shape index (κ2) is 4.50. The molecule has 1 aromatic carbocycles. The summed E-state index contributed by atoms with van der Waals surface area (Å²) in [6, 6.07) is 10.9. The third kappa shape index (κ3) is 2.32. The Balaban J connectivity index is 2.16. The number of hydrogen-bond donors (Lipinski definition) is 0. The molecule has 0 amide bonds. The Labute approximate surface area is 94.1 Å². The quantitative estimate of drug-likeness (QED) is 0.695. The van der Waals surface area contributed by atoms with Crippen molar-refractivity contribution in [3.8, 4) is 0 Å². The molecule has 2 heteroatoms. The number of rotatable bonds is 2. The minimum atomic E-state index is -0.979. The lowest BCUT2D eigenvalue weighted by atomic mass is 10.1. The van der Waals surface area contributed by atoms with E-state index in [4.69, 9.17) is 4.74 Å². The molecule has 1 aliphatic heterocycles. The Hall–Kier alpha value is -0.603. The summed E-state index contributed by atoms with van der Waals surface area (Å²) in [7, 11) is -0.979. The maximum absolute atomic E-state index is 6.04. The molecule has 1 saturated heterocycles. The monoisotopic (exact) mass is 220 g/mol. The average Bonchev–Trinajstić information content (AvgIpc) is 2.30. The topological polar surface area (TPSA) is 9.23 Å². The molecule has 82 valence electrons. The molecule has 0 aliphatic carbocycles. The van der Waals surface area contributed by atoms with Gasteiger partial charge in [0.15, 0.2) is 0 Å². The molecule has 1 fully saturated rings. The van der Waals surface area contributed by atoms with Crippen LogP contribution in [0.1, 0.15) is 26.2 Å². The minimum absolute atomic E-state index is 0.180. The lowest BCUT2D eigenvalue weighted by molar-refractivity contribution is -0.00878. The molecule has 1 aromatic rings. The molecule has 0 bridgehead atoms. The Kier molecular flexibility index (Phi) is 3.27. The van der Waals surface area contributed by atoms with Crippen LogP contribution in [-0.4, -0.2) is 20.6 Å². The van der Waals surface area contributed by atoms with E-state index in [1.54, 1.807) is 0 Å². The van der Waals surface area contributed by atoms with Crippen molar-refractivity contribution in [2.24, 2.45) is 0 Å². The molecule has 0 spiro atoms. The van der Waals surface area contributed by atoms with Crippen LogP contribution in [0.4, 0.5) is 0 Å². The van der Waals surface area contributed by atoms with Crippen LogP contribution >= 0.6 is 0 Å². The molecule has 0 radical (unpaired) electrons. The van der Waals surface area contributed by atoms with Gasteiger partial charge in [-0.3, -0.25) is 0 Å². The van der Waals surface area contributed by atoms with Crippen LogP contribution in [0.2, 0.25) is 6.55 Å². The van der Waals surface area contributed by atoms with Gasteiger partial charge in [0.1, 0.15) is 8.80 Å². The molecule has 15 heavy (non-hydrogen) atoms. The van der Waals surface area contributed by atoms with E-state index in [-0.39, 0.29) is 5.22 Å². The Morgan fingerprint density at radius 3 is 2.53 bits per heavy atom. The van der Waals surface area contributed by atoms with Crippen molar-refractivity contribution < 1.29 is 4.74 Å². The molecule has 1 aliphatic rings. The molecule has 2 atom stereocenters. The van der Waals surface area contributed by atoms with Gasteiger partial charge in [-0.1, -0.05) is 42.1 Å². The van der Waals surface area contributed by atoms with Crippen molar-refractivity contribution in [1.82, 2.24) is 0 Å². The summed E-state index contributed by atoms with van der Waals surface area (Å²) in [6.45, 7) is 5.69. The second-order valence-electron chi connectivity index (χ2n) is 4.75. The fraction of sp³-hybridized carbons (Fsp3) is 0.538. The molecule has 0 saturated carbocycles. The summed E-state index contributed by atoms with van der Waals surface area (Å²) in [5.74, 6) is 0. The lowest BCUT2D eigenvalue weighted by Crippen LogP contribution is -2.52. The molecule has 1 heterocycles. The highest BCUT2D eigenvalue weighted by molar-refractivity contribution is 6.74. The van der Waals surface area contributed by atoms with Crippen molar-refractivity contribution in [3.05, 3.63) is 30.3 Å². The zero-order chi connectivity index (χ0) is 10.7. The summed E-state index contributed by atoms with van der Waals surface area (Å²) in [5.41, 5.74) is 0. The van der Waals surface area contributed by atoms with E-state index >= 15 is 0 Å². The highest BCUT2D eigenvalue weighted by Crippen LogP contribution is 2.26. The second-order valence-corrected chi connectivity index (χ2v) is 8.08. The van der Waals surface area contributed by atoms with Gasteiger partial charge in [0, 0.05) is 6.61 Å². The van der Waals surface area contributed by atoms with Gasteiger partial charge in [0.2, 0.25) is 0 Å². The molecule has 2 rings (SSSR count). The van der Waals surface area contributed by atoms with Crippen LogP contribution in [0.25, 0.3) is 0 Å². The largest absolute Gasteiger partial charge is 0.379 e. The third-order valence-electron chi connectivity index (χ3n) is 3.71. The average molecular weight is 220 g/mol. The highest BCUT2D eigenvalue weighted by Gasteiger charge is 2.35. The van der Waals surface area contributed by atoms with Gasteiger partial charge in [-0.15, -0.1) is 0 Å². The standard InChI is InChI=1S/C13H20OSi/c1-13(10-6-7-11-14-13)15(2)12-8-4-3-5-9-12/h3-5,8-9,15H,6-7,10-11H2,1-2H3. The van der Waals surface area contributed by atoms with Gasteiger partial charge in [0.25, 0.3) is 0 Å². The van der Waals surface area contributed by atoms with Crippen molar-refractivity contribution >= 4 is 14.0 Å². The molecule has 1 nitrogen and oxygen atoms in total. The zero-order valence-corrected chi connectivity index (χ0v) is 10.9. The smallest absolute Gasteiger partial charge is 0.104 e. The van der Waals surface area contributed by atoms with E-state index < -0.39 is 8.80 Å². The van der Waals surface area contributed by atoms with E-state index in [0.29, 0.717) is 0 Å². The summed E-state index contributed by atoms with van der Waals surface area (Å²) in [6.07, 6.45) is 3.82. The summed E-state index contributed by atoms with van der Waals surface area (Å²) in [5, 5.41) is 1.71. The first-order valence-corrected chi connectivity index (χ1v) is 8.22. The number of hydrogen-bond acceptors (Lipinski definition) is 1. The molecular formula is C13H20OSi. The van der Waals surface area contributed by atoms with Crippen LogP contribution in [0.15, 0.2) is 30.3 Å². The van der Waals surface area contributed by atoms with Gasteiger partial charge in [-0.2, -0.15) is 0 Å². The maximum atomic E-state index is 6.04. The summed E-state index contributed by atoms with van der Waals surface area (Å²) >= 11 is 0. The van der Waals surface area contributed by atoms with Crippen LogP contribution < -0.4 is 5.19 Å². The van der Waals surface area contributed by atoms with Gasteiger partial charge < -0.3 is 4.74 Å². The maximum Gasteiger partial charge on any atom is 0.104 e. The van der Waals surface area contributed by atoms with E-state index in [0.717, 1.165) is 6.61 Å². The first kappa shape index (κ1) is 10.9. The fourth-order valence-electron chi connectivity index (χ4n) is 2.39. The van der Waals surface area contributed by atoms with Crippen LogP contribution in [-0.2, 0) is 4.74 Å². The Morgan fingerprint density at radius 1 is 1.20 bits per heavy atom. The van der Waals surface area contributed by atoms with Crippen molar-refractivity contribution in [1.29, 1.82) is 0 Å². The highest BCUT2D eigenvalue weighted by atomic mass is 28.3. The van der Waals surface area contributed by atoms with Crippen LogP contribution in [0.3, 0.4) is 0 Å². The Bertz CT molecular complexity index is 304. The lowest BCUT2D eigenvalue weighted by Gasteiger charge is -2.38. The number of ether oxygens (including phenoxy) is 1. The van der Waals surface area contributed by atoms with Gasteiger partial charge in [-0.25, -0.2) is 0 Å². The first-order chi connectivity index (χ1) is 7.22.